The van der Waals surface area contributed by atoms with E-state index in [1.165, 1.54) is 18.2 Å². The van der Waals surface area contributed by atoms with Crippen molar-refractivity contribution < 1.29 is 18.0 Å². The van der Waals surface area contributed by atoms with E-state index in [-0.39, 0.29) is 29.1 Å². The molecule has 7 heteroatoms. The molecule has 1 aromatic carbocycles. The molecule has 0 aliphatic heterocycles. The predicted molar refractivity (Wildman–Crippen MR) is 61.4 cm³/mol. The van der Waals surface area contributed by atoms with Crippen molar-refractivity contribution in [2.24, 2.45) is 0 Å². The first-order valence-corrected chi connectivity index (χ1v) is 5.58. The number of anilines is 1. The molecule has 1 aliphatic carbocycles. The van der Waals surface area contributed by atoms with E-state index in [1.807, 2.05) is 5.32 Å². The SMILES string of the molecule is Nc1cccc(C(=O)NC2(C(F)(F)F)CC2)c1Cl. The van der Waals surface area contributed by atoms with Crippen molar-refractivity contribution in [3.63, 3.8) is 0 Å². The Morgan fingerprint density at radius 3 is 2.50 bits per heavy atom. The van der Waals surface area contributed by atoms with Gasteiger partial charge >= 0.3 is 6.18 Å². The average molecular weight is 279 g/mol. The first kappa shape index (κ1) is 13.0. The monoisotopic (exact) mass is 278 g/mol. The molecule has 0 bridgehead atoms. The standard InChI is InChI=1S/C11H10ClF3N2O/c12-8-6(2-1-3-7(8)16)9(18)17-10(4-5-10)11(13,14)15/h1-3H,4-5,16H2,(H,17,18). The number of hydrogen-bond acceptors (Lipinski definition) is 2. The summed E-state index contributed by atoms with van der Waals surface area (Å²) in [5.74, 6) is -0.859. The van der Waals surface area contributed by atoms with Gasteiger partial charge in [0.15, 0.2) is 0 Å². The van der Waals surface area contributed by atoms with Crippen LogP contribution in [0.15, 0.2) is 18.2 Å². The number of carbonyl (C=O) groups excluding carboxylic acids is 1. The Morgan fingerprint density at radius 1 is 1.39 bits per heavy atom. The van der Waals surface area contributed by atoms with E-state index in [2.05, 4.69) is 0 Å². The number of benzene rings is 1. The molecule has 3 nitrogen and oxygen atoms in total. The topological polar surface area (TPSA) is 55.1 Å². The molecule has 1 saturated carbocycles. The molecule has 1 amide bonds. The van der Waals surface area contributed by atoms with E-state index < -0.39 is 17.6 Å². The van der Waals surface area contributed by atoms with Crippen LogP contribution in [-0.2, 0) is 0 Å². The Bertz CT molecular complexity index is 498. The molecule has 0 aromatic heterocycles. The largest absolute Gasteiger partial charge is 0.411 e. The number of hydrogen-bond donors (Lipinski definition) is 2. The second kappa shape index (κ2) is 4.05. The summed E-state index contributed by atoms with van der Waals surface area (Å²) in [6.07, 6.45) is -4.67. The molecule has 0 atom stereocenters. The number of nitrogen functional groups attached to an aromatic ring is 1. The van der Waals surface area contributed by atoms with Crippen LogP contribution < -0.4 is 11.1 Å². The lowest BCUT2D eigenvalue weighted by Crippen LogP contribution is -2.47. The van der Waals surface area contributed by atoms with Crippen LogP contribution in [0.3, 0.4) is 0 Å². The highest BCUT2D eigenvalue weighted by atomic mass is 35.5. The number of nitrogens with two attached hydrogens (primary N) is 1. The molecular weight excluding hydrogens is 269 g/mol. The van der Waals surface area contributed by atoms with E-state index in [9.17, 15) is 18.0 Å². The maximum atomic E-state index is 12.7. The van der Waals surface area contributed by atoms with Crippen molar-refractivity contribution in [1.29, 1.82) is 0 Å². The van der Waals surface area contributed by atoms with Gasteiger partial charge < -0.3 is 11.1 Å². The second-order valence-electron chi connectivity index (χ2n) is 4.24. The van der Waals surface area contributed by atoms with Crippen molar-refractivity contribution in [3.8, 4) is 0 Å². The number of nitrogens with one attached hydrogen (secondary N) is 1. The summed E-state index contributed by atoms with van der Waals surface area (Å²) in [5.41, 5.74) is 3.50. The van der Waals surface area contributed by atoms with Gasteiger partial charge in [-0.2, -0.15) is 13.2 Å². The summed E-state index contributed by atoms with van der Waals surface area (Å²) in [7, 11) is 0. The Kier molecular flexibility index (Phi) is 2.93. The predicted octanol–water partition coefficient (Wildman–Crippen LogP) is 2.75. The van der Waals surface area contributed by atoms with E-state index >= 15 is 0 Å². The van der Waals surface area contributed by atoms with Gasteiger partial charge in [0.05, 0.1) is 16.3 Å². The van der Waals surface area contributed by atoms with Crippen molar-refractivity contribution in [3.05, 3.63) is 28.8 Å². The molecule has 98 valence electrons. The Balaban J connectivity index is 2.21. The van der Waals surface area contributed by atoms with Gasteiger partial charge in [-0.3, -0.25) is 4.79 Å². The highest BCUT2D eigenvalue weighted by Gasteiger charge is 2.64. The zero-order valence-corrected chi connectivity index (χ0v) is 9.90. The van der Waals surface area contributed by atoms with Crippen LogP contribution in [-0.4, -0.2) is 17.6 Å². The van der Waals surface area contributed by atoms with Crippen molar-refractivity contribution in [2.75, 3.05) is 5.73 Å². The summed E-state index contributed by atoms with van der Waals surface area (Å²) in [6.45, 7) is 0. The molecule has 0 heterocycles. The molecule has 0 saturated heterocycles. The van der Waals surface area contributed by atoms with Gasteiger partial charge in [0, 0.05) is 0 Å². The number of amides is 1. The molecule has 1 aromatic rings. The quantitative estimate of drug-likeness (QED) is 0.817. The molecule has 0 unspecified atom stereocenters. The number of rotatable bonds is 2. The first-order chi connectivity index (χ1) is 8.27. The van der Waals surface area contributed by atoms with Gasteiger partial charge in [0.2, 0.25) is 0 Å². The summed E-state index contributed by atoms with van der Waals surface area (Å²) >= 11 is 5.78. The summed E-state index contributed by atoms with van der Waals surface area (Å²) in [4.78, 5) is 11.8. The highest BCUT2D eigenvalue weighted by molar-refractivity contribution is 6.36. The maximum absolute atomic E-state index is 12.7. The first-order valence-electron chi connectivity index (χ1n) is 5.20. The Labute approximate surface area is 106 Å². The van der Waals surface area contributed by atoms with Gasteiger partial charge in [0.25, 0.3) is 5.91 Å². The van der Waals surface area contributed by atoms with Crippen molar-refractivity contribution in [1.82, 2.24) is 5.32 Å². The lowest BCUT2D eigenvalue weighted by Gasteiger charge is -2.21. The van der Waals surface area contributed by atoms with Crippen molar-refractivity contribution >= 4 is 23.2 Å². The smallest absolute Gasteiger partial charge is 0.398 e. The minimum Gasteiger partial charge on any atom is -0.398 e. The normalized spacial score (nSPS) is 17.3. The molecular formula is C11H10ClF3N2O. The minimum absolute atomic E-state index is 0.0343. The van der Waals surface area contributed by atoms with E-state index in [4.69, 9.17) is 17.3 Å². The van der Waals surface area contributed by atoms with Crippen LogP contribution in [0.2, 0.25) is 5.02 Å². The fourth-order valence-electron chi connectivity index (χ4n) is 1.61. The zero-order valence-electron chi connectivity index (χ0n) is 9.14. The van der Waals surface area contributed by atoms with Gasteiger partial charge in [-0.25, -0.2) is 0 Å². The minimum atomic E-state index is -4.45. The third kappa shape index (κ3) is 2.12. The fourth-order valence-corrected chi connectivity index (χ4v) is 1.83. The summed E-state index contributed by atoms with van der Waals surface area (Å²) in [5, 5.41) is 1.95. The van der Waals surface area contributed by atoms with Crippen LogP contribution in [0, 0.1) is 0 Å². The summed E-state index contributed by atoms with van der Waals surface area (Å²) in [6, 6.07) is 4.26. The summed E-state index contributed by atoms with van der Waals surface area (Å²) < 4.78 is 38.0. The lowest BCUT2D eigenvalue weighted by atomic mass is 10.1. The van der Waals surface area contributed by atoms with Crippen LogP contribution in [0.1, 0.15) is 23.2 Å². The average Bonchev–Trinajstić information content (AvgIpc) is 3.02. The number of carbonyl (C=O) groups is 1. The van der Waals surface area contributed by atoms with Gasteiger partial charge in [-0.05, 0) is 25.0 Å². The highest BCUT2D eigenvalue weighted by Crippen LogP contribution is 2.49. The zero-order chi connectivity index (χ0) is 13.6. The number of alkyl halides is 3. The molecule has 0 spiro atoms. The molecule has 2 rings (SSSR count). The number of halogens is 4. The molecule has 0 radical (unpaired) electrons. The third-order valence-electron chi connectivity index (χ3n) is 2.92. The Hall–Kier alpha value is -1.43. The van der Waals surface area contributed by atoms with Crippen LogP contribution in [0.25, 0.3) is 0 Å². The molecule has 1 aliphatic rings. The Morgan fingerprint density at radius 2 is 2.00 bits per heavy atom. The third-order valence-corrected chi connectivity index (χ3v) is 3.34. The van der Waals surface area contributed by atoms with E-state index in [0.717, 1.165) is 0 Å². The van der Waals surface area contributed by atoms with E-state index in [0.29, 0.717) is 0 Å². The molecule has 1 fully saturated rings. The van der Waals surface area contributed by atoms with Crippen LogP contribution in [0.4, 0.5) is 18.9 Å². The molecule has 3 N–H and O–H groups in total. The second-order valence-corrected chi connectivity index (χ2v) is 4.62. The van der Waals surface area contributed by atoms with Crippen LogP contribution in [0.5, 0.6) is 0 Å². The van der Waals surface area contributed by atoms with Crippen molar-refractivity contribution in [2.45, 2.75) is 24.6 Å². The van der Waals surface area contributed by atoms with Gasteiger partial charge in [0.1, 0.15) is 5.54 Å². The van der Waals surface area contributed by atoms with Gasteiger partial charge in [-0.1, -0.05) is 17.7 Å². The van der Waals surface area contributed by atoms with E-state index in [1.54, 1.807) is 0 Å². The fraction of sp³-hybridized carbons (Fsp3) is 0.364. The van der Waals surface area contributed by atoms with Gasteiger partial charge in [-0.15, -0.1) is 0 Å². The molecule has 18 heavy (non-hydrogen) atoms. The maximum Gasteiger partial charge on any atom is 0.411 e. The lowest BCUT2D eigenvalue weighted by molar-refractivity contribution is -0.163. The van der Waals surface area contributed by atoms with Crippen LogP contribution >= 0.6 is 11.6 Å².